The van der Waals surface area contributed by atoms with Crippen molar-refractivity contribution in [3.8, 4) is 0 Å². The number of nitro groups is 1. The molecule has 15 heavy (non-hydrogen) atoms. The summed E-state index contributed by atoms with van der Waals surface area (Å²) in [6.07, 6.45) is 1.000. The number of rotatable bonds is 5. The van der Waals surface area contributed by atoms with E-state index >= 15 is 0 Å². The molecule has 0 aromatic heterocycles. The molecule has 0 amide bonds. The van der Waals surface area contributed by atoms with Gasteiger partial charge in [0.25, 0.3) is 5.69 Å². The zero-order valence-electron chi connectivity index (χ0n) is 8.97. The highest BCUT2D eigenvalue weighted by molar-refractivity contribution is 7.99. The second-order valence-electron chi connectivity index (χ2n) is 3.20. The predicted octanol–water partition coefficient (Wildman–Crippen LogP) is 3.80. The summed E-state index contributed by atoms with van der Waals surface area (Å²) in [5, 5.41) is 11.0. The normalized spacial score (nSPS) is 12.4. The van der Waals surface area contributed by atoms with Gasteiger partial charge in [-0.3, -0.25) is 10.1 Å². The van der Waals surface area contributed by atoms with Crippen LogP contribution < -0.4 is 0 Å². The minimum absolute atomic E-state index is 0.183. The van der Waals surface area contributed by atoms with Crippen molar-refractivity contribution in [1.82, 2.24) is 0 Å². The third-order valence-corrected chi connectivity index (χ3v) is 3.53. The third kappa shape index (κ3) is 3.23. The quantitative estimate of drug-likeness (QED) is 0.565. The Hall–Kier alpha value is -1.03. The molecule has 0 saturated carbocycles. The minimum atomic E-state index is -0.340. The summed E-state index contributed by atoms with van der Waals surface area (Å²) in [5.41, 5.74) is 1.24. The van der Waals surface area contributed by atoms with Crippen molar-refractivity contribution < 1.29 is 4.92 Å². The van der Waals surface area contributed by atoms with Gasteiger partial charge in [0.15, 0.2) is 0 Å². The van der Waals surface area contributed by atoms with Gasteiger partial charge in [-0.15, -0.1) is 0 Å². The molecule has 0 aliphatic carbocycles. The fourth-order valence-corrected chi connectivity index (χ4v) is 2.47. The van der Waals surface area contributed by atoms with Crippen LogP contribution in [-0.2, 0) is 0 Å². The number of hydrogen-bond donors (Lipinski definition) is 0. The molecule has 0 heterocycles. The highest BCUT2D eigenvalue weighted by Crippen LogP contribution is 2.32. The SMILES string of the molecule is CCSC(CC)c1cccc([N+](=O)[O-])c1. The molecule has 82 valence electrons. The first-order valence-electron chi connectivity index (χ1n) is 5.05. The van der Waals surface area contributed by atoms with Gasteiger partial charge in [-0.2, -0.15) is 11.8 Å². The zero-order chi connectivity index (χ0) is 11.3. The van der Waals surface area contributed by atoms with E-state index in [1.807, 2.05) is 17.8 Å². The highest BCUT2D eigenvalue weighted by atomic mass is 32.2. The maximum atomic E-state index is 10.6. The Labute approximate surface area is 94.0 Å². The van der Waals surface area contributed by atoms with Crippen LogP contribution in [0.5, 0.6) is 0 Å². The molecule has 0 saturated heterocycles. The molecule has 0 spiro atoms. The average molecular weight is 225 g/mol. The summed E-state index contributed by atoms with van der Waals surface area (Å²) in [4.78, 5) is 10.3. The molecule has 0 N–H and O–H groups in total. The molecular weight excluding hydrogens is 210 g/mol. The molecule has 1 aromatic rings. The third-order valence-electron chi connectivity index (χ3n) is 2.19. The van der Waals surface area contributed by atoms with Gasteiger partial charge in [0.05, 0.1) is 4.92 Å². The summed E-state index contributed by atoms with van der Waals surface area (Å²) in [5.74, 6) is 1.03. The second kappa shape index (κ2) is 5.75. The van der Waals surface area contributed by atoms with Gasteiger partial charge < -0.3 is 0 Å². The Kier molecular flexibility index (Phi) is 4.62. The van der Waals surface area contributed by atoms with Crippen molar-refractivity contribution in [1.29, 1.82) is 0 Å². The first-order valence-corrected chi connectivity index (χ1v) is 6.09. The Bertz CT molecular complexity index is 341. The number of non-ortho nitro benzene ring substituents is 1. The van der Waals surface area contributed by atoms with E-state index in [4.69, 9.17) is 0 Å². The lowest BCUT2D eigenvalue weighted by atomic mass is 10.1. The van der Waals surface area contributed by atoms with Crippen LogP contribution in [0, 0.1) is 10.1 Å². The molecule has 1 rings (SSSR count). The van der Waals surface area contributed by atoms with Crippen molar-refractivity contribution in [3.05, 3.63) is 39.9 Å². The summed E-state index contributed by atoms with van der Waals surface area (Å²) >= 11 is 1.83. The van der Waals surface area contributed by atoms with Crippen LogP contribution >= 0.6 is 11.8 Å². The Morgan fingerprint density at radius 3 is 2.73 bits per heavy atom. The van der Waals surface area contributed by atoms with E-state index in [0.29, 0.717) is 5.25 Å². The molecule has 1 atom stereocenters. The second-order valence-corrected chi connectivity index (χ2v) is 4.68. The summed E-state index contributed by atoms with van der Waals surface area (Å²) in [6.45, 7) is 4.21. The van der Waals surface area contributed by atoms with E-state index < -0.39 is 0 Å². The van der Waals surface area contributed by atoms with Gasteiger partial charge in [0.2, 0.25) is 0 Å². The van der Waals surface area contributed by atoms with Gasteiger partial charge in [-0.05, 0) is 17.7 Å². The summed E-state index contributed by atoms with van der Waals surface area (Å²) < 4.78 is 0. The highest BCUT2D eigenvalue weighted by Gasteiger charge is 2.12. The van der Waals surface area contributed by atoms with E-state index in [2.05, 4.69) is 13.8 Å². The topological polar surface area (TPSA) is 43.1 Å². The maximum Gasteiger partial charge on any atom is 0.269 e. The molecule has 1 aromatic carbocycles. The number of benzene rings is 1. The molecule has 3 nitrogen and oxygen atoms in total. The van der Waals surface area contributed by atoms with E-state index in [9.17, 15) is 10.1 Å². The molecule has 0 radical (unpaired) electrons. The lowest BCUT2D eigenvalue weighted by molar-refractivity contribution is -0.384. The molecule has 0 aliphatic heterocycles. The lowest BCUT2D eigenvalue weighted by Gasteiger charge is -2.13. The van der Waals surface area contributed by atoms with Crippen molar-refractivity contribution in [3.63, 3.8) is 0 Å². The van der Waals surface area contributed by atoms with Crippen LogP contribution in [0.4, 0.5) is 5.69 Å². The van der Waals surface area contributed by atoms with Crippen molar-refractivity contribution in [2.75, 3.05) is 5.75 Å². The molecule has 1 unspecified atom stereocenters. The van der Waals surface area contributed by atoms with Gasteiger partial charge in [-0.25, -0.2) is 0 Å². The average Bonchev–Trinajstić information content (AvgIpc) is 2.26. The first-order chi connectivity index (χ1) is 7.19. The molecule has 0 bridgehead atoms. The van der Waals surface area contributed by atoms with E-state index in [-0.39, 0.29) is 10.6 Å². The maximum absolute atomic E-state index is 10.6. The van der Waals surface area contributed by atoms with Crippen molar-refractivity contribution >= 4 is 17.4 Å². The van der Waals surface area contributed by atoms with Crippen LogP contribution in [0.2, 0.25) is 0 Å². The smallest absolute Gasteiger partial charge is 0.258 e. The molecular formula is C11H15NO2S. The first kappa shape index (κ1) is 12.0. The molecule has 4 heteroatoms. The summed E-state index contributed by atoms with van der Waals surface area (Å²) in [6, 6.07) is 6.93. The predicted molar refractivity (Wildman–Crippen MR) is 64.3 cm³/mol. The van der Waals surface area contributed by atoms with Gasteiger partial charge in [0.1, 0.15) is 0 Å². The van der Waals surface area contributed by atoms with Crippen LogP contribution in [-0.4, -0.2) is 10.7 Å². The van der Waals surface area contributed by atoms with Crippen LogP contribution in [0.15, 0.2) is 24.3 Å². The van der Waals surface area contributed by atoms with Crippen LogP contribution in [0.3, 0.4) is 0 Å². The Morgan fingerprint density at radius 2 is 2.20 bits per heavy atom. The van der Waals surface area contributed by atoms with E-state index in [1.54, 1.807) is 12.1 Å². The summed E-state index contributed by atoms with van der Waals surface area (Å²) in [7, 11) is 0. The number of nitro benzene ring substituents is 1. The standard InChI is InChI=1S/C11H15NO2S/c1-3-11(15-4-2)9-6-5-7-10(8-9)12(13)14/h5-8,11H,3-4H2,1-2H3. The number of thioether (sulfide) groups is 1. The number of nitrogens with zero attached hydrogens (tertiary/aromatic N) is 1. The van der Waals surface area contributed by atoms with Crippen LogP contribution in [0.1, 0.15) is 31.1 Å². The largest absolute Gasteiger partial charge is 0.269 e. The van der Waals surface area contributed by atoms with Crippen LogP contribution in [0.25, 0.3) is 0 Å². The van der Waals surface area contributed by atoms with E-state index in [0.717, 1.165) is 17.7 Å². The van der Waals surface area contributed by atoms with Gasteiger partial charge >= 0.3 is 0 Å². The Morgan fingerprint density at radius 1 is 1.47 bits per heavy atom. The minimum Gasteiger partial charge on any atom is -0.258 e. The molecule has 0 aliphatic rings. The number of hydrogen-bond acceptors (Lipinski definition) is 3. The molecule has 0 fully saturated rings. The van der Waals surface area contributed by atoms with Gasteiger partial charge in [0, 0.05) is 17.4 Å². The van der Waals surface area contributed by atoms with Crippen molar-refractivity contribution in [2.45, 2.75) is 25.5 Å². The lowest BCUT2D eigenvalue weighted by Crippen LogP contribution is -1.95. The zero-order valence-corrected chi connectivity index (χ0v) is 9.79. The fraction of sp³-hybridized carbons (Fsp3) is 0.455. The van der Waals surface area contributed by atoms with Crippen molar-refractivity contribution in [2.24, 2.45) is 0 Å². The monoisotopic (exact) mass is 225 g/mol. The van der Waals surface area contributed by atoms with E-state index in [1.165, 1.54) is 6.07 Å². The Balaban J connectivity index is 2.92. The fourth-order valence-electron chi connectivity index (χ4n) is 1.49. The van der Waals surface area contributed by atoms with Gasteiger partial charge in [-0.1, -0.05) is 26.0 Å².